The molecule has 1 aromatic heterocycles. The fraction of sp³-hybridized carbons (Fsp3) is 0.100. The van der Waals surface area contributed by atoms with Crippen molar-refractivity contribution in [3.63, 3.8) is 0 Å². The Kier molecular flexibility index (Phi) is 3.68. The highest BCUT2D eigenvalue weighted by Gasteiger charge is 2.19. The maximum absolute atomic E-state index is 11.9. The van der Waals surface area contributed by atoms with Crippen LogP contribution in [0.3, 0.4) is 0 Å². The molecule has 0 aliphatic heterocycles. The molecule has 20 heavy (non-hydrogen) atoms. The molecule has 2 aromatic rings. The zero-order valence-corrected chi connectivity index (χ0v) is 10.7. The van der Waals surface area contributed by atoms with Crippen LogP contribution in [-0.2, 0) is 16.6 Å². The molecule has 0 aliphatic carbocycles. The number of rotatable bonds is 5. The van der Waals surface area contributed by atoms with Crippen LogP contribution in [0.1, 0.15) is 16.2 Å². The molecular weight excluding hydrogens is 290 g/mol. The van der Waals surface area contributed by atoms with E-state index >= 15 is 0 Å². The highest BCUT2D eigenvalue weighted by Crippen LogP contribution is 2.21. The fourth-order valence-corrected chi connectivity index (χ4v) is 2.37. The number of aromatic hydroxyl groups is 1. The van der Waals surface area contributed by atoms with Gasteiger partial charge in [-0.1, -0.05) is 5.16 Å². The van der Waals surface area contributed by atoms with E-state index in [1.54, 1.807) is 0 Å². The van der Waals surface area contributed by atoms with Crippen LogP contribution in [0.5, 0.6) is 5.75 Å². The van der Waals surface area contributed by atoms with E-state index < -0.39 is 27.3 Å². The molecule has 0 unspecified atom stereocenters. The molecule has 2 rings (SSSR count). The summed E-state index contributed by atoms with van der Waals surface area (Å²) in [5.74, 6) is -1.82. The monoisotopic (exact) mass is 299 g/mol. The summed E-state index contributed by atoms with van der Waals surface area (Å²) in [6.07, 6.45) is 1.05. The van der Waals surface area contributed by atoms with Crippen LogP contribution in [-0.4, -0.2) is 34.7 Å². The molecule has 0 amide bonds. The first-order valence-electron chi connectivity index (χ1n) is 5.21. The first-order valence-corrected chi connectivity index (χ1v) is 6.69. The quantitative estimate of drug-likeness (QED) is 0.697. The number of hydrogen-bond acceptors (Lipinski definition) is 7. The summed E-state index contributed by atoms with van der Waals surface area (Å²) in [5, 5.41) is 21.6. The smallest absolute Gasteiger partial charge is 0.339 e. The summed E-state index contributed by atoms with van der Waals surface area (Å²) in [5.41, 5.74) is -0.507. The molecule has 3 N–H and O–H groups in total. The third kappa shape index (κ3) is 2.92. The number of phenols is 1. The molecule has 1 heterocycles. The Morgan fingerprint density at radius 2 is 2.15 bits per heavy atom. The van der Waals surface area contributed by atoms with Crippen LogP contribution in [0.2, 0.25) is 0 Å². The third-order valence-electron chi connectivity index (χ3n) is 2.34. The number of sulfonamides is 1. The highest BCUT2D eigenvalue weighted by atomic mass is 32.2. The molecule has 1 aromatic carbocycles. The molecule has 0 atom stereocenters. The molecule has 0 spiro atoms. The second-order valence-electron chi connectivity index (χ2n) is 3.66. The number of nitrogens with zero attached hydrogens (tertiary/aromatic N) is 2. The molecule has 9 nitrogen and oxygen atoms in total. The molecule has 0 bridgehead atoms. The van der Waals surface area contributed by atoms with E-state index in [4.69, 9.17) is 5.11 Å². The van der Waals surface area contributed by atoms with Crippen molar-refractivity contribution in [3.8, 4) is 5.75 Å². The Hall–Kier alpha value is -2.46. The van der Waals surface area contributed by atoms with Crippen LogP contribution >= 0.6 is 0 Å². The molecule has 0 fully saturated rings. The minimum atomic E-state index is -3.96. The first kappa shape index (κ1) is 14.0. The van der Waals surface area contributed by atoms with Gasteiger partial charge in [-0.25, -0.2) is 17.9 Å². The minimum Gasteiger partial charge on any atom is -0.507 e. The van der Waals surface area contributed by atoms with E-state index in [2.05, 4.69) is 19.4 Å². The summed E-state index contributed by atoms with van der Waals surface area (Å²) in [4.78, 5) is 14.2. The normalized spacial score (nSPS) is 11.4. The van der Waals surface area contributed by atoms with Crippen LogP contribution in [0, 0.1) is 0 Å². The van der Waals surface area contributed by atoms with Crippen molar-refractivity contribution in [3.05, 3.63) is 36.0 Å². The number of hydrogen-bond donors (Lipinski definition) is 3. The Labute approximate surface area is 112 Å². The Morgan fingerprint density at radius 3 is 2.75 bits per heavy atom. The summed E-state index contributed by atoms with van der Waals surface area (Å²) in [7, 11) is -3.96. The predicted molar refractivity (Wildman–Crippen MR) is 63.4 cm³/mol. The van der Waals surface area contributed by atoms with Crippen LogP contribution in [0.25, 0.3) is 0 Å². The Bertz CT molecular complexity index is 725. The molecule has 0 aliphatic rings. The van der Waals surface area contributed by atoms with Gasteiger partial charge >= 0.3 is 5.97 Å². The molecule has 0 saturated heterocycles. The predicted octanol–water partition coefficient (Wildman–Crippen LogP) is -0.0481. The van der Waals surface area contributed by atoms with Gasteiger partial charge in [-0.3, -0.25) is 0 Å². The number of benzene rings is 1. The van der Waals surface area contributed by atoms with Crippen LogP contribution < -0.4 is 4.72 Å². The van der Waals surface area contributed by atoms with Crippen LogP contribution in [0.4, 0.5) is 0 Å². The largest absolute Gasteiger partial charge is 0.507 e. The lowest BCUT2D eigenvalue weighted by Crippen LogP contribution is -2.24. The summed E-state index contributed by atoms with van der Waals surface area (Å²) >= 11 is 0. The van der Waals surface area contributed by atoms with Crippen molar-refractivity contribution >= 4 is 16.0 Å². The number of aromatic carboxylic acids is 1. The topological polar surface area (TPSA) is 143 Å². The molecule has 106 valence electrons. The second kappa shape index (κ2) is 5.27. The van der Waals surface area contributed by atoms with Gasteiger partial charge in [0.1, 0.15) is 11.3 Å². The van der Waals surface area contributed by atoms with E-state index in [0.29, 0.717) is 0 Å². The number of carboxylic acid groups (broad SMARTS) is 1. The van der Waals surface area contributed by atoms with Crippen molar-refractivity contribution in [1.29, 1.82) is 0 Å². The van der Waals surface area contributed by atoms with Crippen molar-refractivity contribution < 1.29 is 27.9 Å². The van der Waals surface area contributed by atoms with Gasteiger partial charge in [0.15, 0.2) is 5.82 Å². The molecule has 0 saturated carbocycles. The number of aromatic nitrogens is 2. The average molecular weight is 299 g/mol. The molecule has 10 heteroatoms. The summed E-state index contributed by atoms with van der Waals surface area (Å²) in [6, 6.07) is 2.93. The van der Waals surface area contributed by atoms with E-state index in [0.717, 1.165) is 24.6 Å². The fourth-order valence-electron chi connectivity index (χ4n) is 1.37. The SMILES string of the molecule is O=C(O)c1cc(S(=O)(=O)NCc2ncon2)ccc1O. The lowest BCUT2D eigenvalue weighted by atomic mass is 10.2. The van der Waals surface area contributed by atoms with Gasteiger partial charge in [0, 0.05) is 0 Å². The minimum absolute atomic E-state index is 0.130. The Balaban J connectivity index is 2.25. The van der Waals surface area contributed by atoms with E-state index in [-0.39, 0.29) is 17.3 Å². The average Bonchev–Trinajstić information content (AvgIpc) is 2.89. The first-order chi connectivity index (χ1) is 9.40. The maximum Gasteiger partial charge on any atom is 0.339 e. The molecule has 0 radical (unpaired) electrons. The standard InChI is InChI=1S/C10H9N3O6S/c14-8-2-1-6(3-7(8)10(15)16)20(17,18)12-4-9-11-5-19-13-9/h1-3,5,12,14H,4H2,(H,15,16). The highest BCUT2D eigenvalue weighted by molar-refractivity contribution is 7.89. The van der Waals surface area contributed by atoms with Gasteiger partial charge < -0.3 is 14.7 Å². The van der Waals surface area contributed by atoms with E-state index in [9.17, 15) is 18.3 Å². The van der Waals surface area contributed by atoms with E-state index in [1.165, 1.54) is 0 Å². The van der Waals surface area contributed by atoms with Crippen LogP contribution in [0.15, 0.2) is 34.0 Å². The van der Waals surface area contributed by atoms with Gasteiger partial charge in [-0.2, -0.15) is 4.98 Å². The van der Waals surface area contributed by atoms with Gasteiger partial charge in [0.25, 0.3) is 0 Å². The zero-order chi connectivity index (χ0) is 14.8. The van der Waals surface area contributed by atoms with Gasteiger partial charge in [-0.15, -0.1) is 0 Å². The second-order valence-corrected chi connectivity index (χ2v) is 5.42. The number of carboxylic acids is 1. The van der Waals surface area contributed by atoms with Crippen molar-refractivity contribution in [2.24, 2.45) is 0 Å². The van der Waals surface area contributed by atoms with Crippen molar-refractivity contribution in [2.45, 2.75) is 11.4 Å². The number of nitrogens with one attached hydrogen (secondary N) is 1. The van der Waals surface area contributed by atoms with Crippen molar-refractivity contribution in [1.82, 2.24) is 14.9 Å². The van der Waals surface area contributed by atoms with Crippen molar-refractivity contribution in [2.75, 3.05) is 0 Å². The lowest BCUT2D eigenvalue weighted by molar-refractivity contribution is 0.0693. The maximum atomic E-state index is 11.9. The molecular formula is C10H9N3O6S. The van der Waals surface area contributed by atoms with Gasteiger partial charge in [0.2, 0.25) is 16.4 Å². The third-order valence-corrected chi connectivity index (χ3v) is 3.73. The zero-order valence-electron chi connectivity index (χ0n) is 9.85. The summed E-state index contributed by atoms with van der Waals surface area (Å²) < 4.78 is 30.5. The van der Waals surface area contributed by atoms with E-state index in [1.807, 2.05) is 0 Å². The summed E-state index contributed by atoms with van der Waals surface area (Å²) in [6.45, 7) is -0.206. The van der Waals surface area contributed by atoms with Gasteiger partial charge in [-0.05, 0) is 18.2 Å². The lowest BCUT2D eigenvalue weighted by Gasteiger charge is -2.06. The number of carbonyl (C=O) groups is 1. The Morgan fingerprint density at radius 1 is 1.40 bits per heavy atom. The van der Waals surface area contributed by atoms with Gasteiger partial charge in [0.05, 0.1) is 11.4 Å².